The Bertz CT molecular complexity index is 1100. The minimum Gasteiger partial charge on any atom is -0.454 e. The average molecular weight is 404 g/mol. The van der Waals surface area contributed by atoms with E-state index in [4.69, 9.17) is 15.2 Å². The van der Waals surface area contributed by atoms with E-state index < -0.39 is 35.6 Å². The topological polar surface area (TPSA) is 98.9 Å². The quantitative estimate of drug-likeness (QED) is 0.726. The molecule has 152 valence electrons. The Morgan fingerprint density at radius 2 is 2.07 bits per heavy atom. The van der Waals surface area contributed by atoms with Crippen LogP contribution in [0.25, 0.3) is 0 Å². The molecule has 7 nitrogen and oxygen atoms in total. The molecule has 7 heteroatoms. The Kier molecular flexibility index (Phi) is 3.96. The lowest BCUT2D eigenvalue weighted by Crippen LogP contribution is -2.41. The second-order valence-corrected chi connectivity index (χ2v) is 7.86. The van der Waals surface area contributed by atoms with Crippen LogP contribution in [-0.2, 0) is 19.1 Å². The lowest BCUT2D eigenvalue weighted by Gasteiger charge is -2.38. The van der Waals surface area contributed by atoms with Gasteiger partial charge in [0, 0.05) is 35.1 Å². The molecular weight excluding hydrogens is 384 g/mol. The molecule has 2 amide bonds. The summed E-state index contributed by atoms with van der Waals surface area (Å²) in [5, 5.41) is 0. The van der Waals surface area contributed by atoms with E-state index in [1.54, 1.807) is 12.1 Å². The molecule has 2 N–H and O–H groups in total. The van der Waals surface area contributed by atoms with Crippen LogP contribution >= 0.6 is 0 Å². The molecule has 30 heavy (non-hydrogen) atoms. The van der Waals surface area contributed by atoms with Crippen LogP contribution in [0.4, 0.5) is 10.5 Å². The fourth-order valence-corrected chi connectivity index (χ4v) is 4.89. The number of carbonyl (C=O) groups excluding carboxylic acids is 3. The number of allylic oxidation sites excluding steroid dienone is 6. The van der Waals surface area contributed by atoms with E-state index in [-0.39, 0.29) is 5.92 Å². The minimum atomic E-state index is -1.14. The van der Waals surface area contributed by atoms with E-state index >= 15 is 0 Å². The summed E-state index contributed by atoms with van der Waals surface area (Å²) in [6, 6.07) is 6.65. The van der Waals surface area contributed by atoms with Gasteiger partial charge < -0.3 is 15.2 Å². The molecule has 0 saturated carbocycles. The van der Waals surface area contributed by atoms with E-state index in [1.807, 2.05) is 48.6 Å². The van der Waals surface area contributed by atoms with Crippen molar-refractivity contribution in [3.05, 3.63) is 77.6 Å². The molecule has 0 aromatic heterocycles. The van der Waals surface area contributed by atoms with Gasteiger partial charge in [-0.1, -0.05) is 48.6 Å². The van der Waals surface area contributed by atoms with Crippen molar-refractivity contribution in [3.63, 3.8) is 0 Å². The van der Waals surface area contributed by atoms with E-state index in [2.05, 4.69) is 0 Å². The highest BCUT2D eigenvalue weighted by molar-refractivity contribution is 5.96. The molecular formula is C23H20N2O5. The first kappa shape index (κ1) is 18.4. The summed E-state index contributed by atoms with van der Waals surface area (Å²) < 4.78 is 11.2. The summed E-state index contributed by atoms with van der Waals surface area (Å²) in [5.74, 6) is -1.41. The summed E-state index contributed by atoms with van der Waals surface area (Å²) in [4.78, 5) is 38.8. The first-order chi connectivity index (χ1) is 14.4. The number of nitrogens with zero attached hydrogens (tertiary/aromatic N) is 1. The minimum absolute atomic E-state index is 0.204. The van der Waals surface area contributed by atoms with Crippen LogP contribution < -0.4 is 10.6 Å². The number of esters is 2. The number of rotatable bonds is 1. The summed E-state index contributed by atoms with van der Waals surface area (Å²) in [5.41, 5.74) is 7.78. The number of amides is 2. The second kappa shape index (κ2) is 6.45. The van der Waals surface area contributed by atoms with Crippen LogP contribution in [0.15, 0.2) is 72.0 Å². The monoisotopic (exact) mass is 404 g/mol. The van der Waals surface area contributed by atoms with Gasteiger partial charge in [0.2, 0.25) is 6.10 Å². The van der Waals surface area contributed by atoms with Gasteiger partial charge in [0.1, 0.15) is 6.10 Å². The van der Waals surface area contributed by atoms with Gasteiger partial charge in [-0.3, -0.25) is 9.69 Å². The first-order valence-electron chi connectivity index (χ1n) is 9.77. The van der Waals surface area contributed by atoms with Gasteiger partial charge in [0.05, 0.1) is 5.69 Å². The highest BCUT2D eigenvalue weighted by Crippen LogP contribution is 2.54. The van der Waals surface area contributed by atoms with Crippen molar-refractivity contribution in [3.8, 4) is 0 Å². The number of anilines is 1. The first-order valence-corrected chi connectivity index (χ1v) is 9.77. The number of para-hydroxylation sites is 1. The highest BCUT2D eigenvalue weighted by Gasteiger charge is 2.49. The molecule has 0 fully saturated rings. The summed E-state index contributed by atoms with van der Waals surface area (Å²) in [6.45, 7) is 1.26. The highest BCUT2D eigenvalue weighted by atomic mass is 16.6. The maximum absolute atomic E-state index is 13.1. The molecule has 4 bridgehead atoms. The van der Waals surface area contributed by atoms with Crippen molar-refractivity contribution in [1.82, 2.24) is 0 Å². The lowest BCUT2D eigenvalue weighted by atomic mass is 9.69. The van der Waals surface area contributed by atoms with Gasteiger partial charge >= 0.3 is 18.0 Å². The number of hydrogen-bond acceptors (Lipinski definition) is 5. The average Bonchev–Trinajstić information content (AvgIpc) is 3.06. The standard InChI is InChI=1S/C23H20N2O5/c1-13(26)29-20-14-8-10-23(12-14)9-4-7-18-16(23)11-19(30-21(20)27)15-5-2-3-6-17(15)25(18)22(24)28/h2-10,12,16,19-20H,11H2,1H3,(H2,24,28)/t16?,19-,20+,23?/m0/s1. The van der Waals surface area contributed by atoms with Gasteiger partial charge in [-0.05, 0) is 18.6 Å². The predicted molar refractivity (Wildman–Crippen MR) is 108 cm³/mol. The molecule has 4 atom stereocenters. The summed E-state index contributed by atoms with van der Waals surface area (Å²) in [7, 11) is 0. The molecule has 0 radical (unpaired) electrons. The predicted octanol–water partition coefficient (Wildman–Crippen LogP) is 3.06. The van der Waals surface area contributed by atoms with Crippen LogP contribution in [0.5, 0.6) is 0 Å². The van der Waals surface area contributed by atoms with E-state index in [9.17, 15) is 14.4 Å². The van der Waals surface area contributed by atoms with E-state index in [0.29, 0.717) is 23.2 Å². The van der Waals surface area contributed by atoms with Crippen LogP contribution in [0, 0.1) is 11.3 Å². The van der Waals surface area contributed by atoms with Gasteiger partial charge in [-0.25, -0.2) is 9.59 Å². The number of benzene rings is 1. The second-order valence-electron chi connectivity index (χ2n) is 7.86. The lowest BCUT2D eigenvalue weighted by molar-refractivity contribution is -0.168. The van der Waals surface area contributed by atoms with Gasteiger partial charge in [-0.2, -0.15) is 0 Å². The van der Waals surface area contributed by atoms with Gasteiger partial charge in [0.15, 0.2) is 0 Å². The van der Waals surface area contributed by atoms with Crippen LogP contribution in [0.3, 0.4) is 0 Å². The van der Waals surface area contributed by atoms with Crippen LogP contribution in [0.1, 0.15) is 25.0 Å². The Morgan fingerprint density at radius 1 is 1.27 bits per heavy atom. The molecule has 2 aliphatic carbocycles. The zero-order chi connectivity index (χ0) is 21.0. The van der Waals surface area contributed by atoms with Crippen molar-refractivity contribution in [2.45, 2.75) is 25.6 Å². The van der Waals surface area contributed by atoms with Crippen molar-refractivity contribution in [2.75, 3.05) is 4.90 Å². The third kappa shape index (κ3) is 2.62. The Balaban J connectivity index is 1.75. The number of hydrogen-bond donors (Lipinski definition) is 1. The Labute approximate surface area is 173 Å². The van der Waals surface area contributed by atoms with Crippen LogP contribution in [0.2, 0.25) is 0 Å². The fourth-order valence-electron chi connectivity index (χ4n) is 4.89. The molecule has 1 aromatic carbocycles. The number of carbonyl (C=O) groups is 3. The SMILES string of the molecule is CC(=O)O[C@H]1C(=O)O[C@H]2CC3C(=CC=CC34C=CC1=C4)N(C(N)=O)c1ccccc12. The summed E-state index contributed by atoms with van der Waals surface area (Å²) in [6.07, 6.45) is 10.2. The molecule has 4 aliphatic rings. The van der Waals surface area contributed by atoms with Crippen molar-refractivity contribution in [2.24, 2.45) is 17.1 Å². The zero-order valence-corrected chi connectivity index (χ0v) is 16.3. The fraction of sp³-hybridized carbons (Fsp3) is 0.261. The molecule has 1 spiro atoms. The molecule has 0 saturated heterocycles. The summed E-state index contributed by atoms with van der Waals surface area (Å²) >= 11 is 0. The third-order valence-electron chi connectivity index (χ3n) is 6.11. The molecule has 2 heterocycles. The van der Waals surface area contributed by atoms with Crippen LogP contribution in [-0.4, -0.2) is 24.1 Å². The maximum atomic E-state index is 13.1. The molecule has 2 unspecified atom stereocenters. The van der Waals surface area contributed by atoms with Gasteiger partial charge in [0.25, 0.3) is 0 Å². The molecule has 5 rings (SSSR count). The maximum Gasteiger partial charge on any atom is 0.352 e. The number of fused-ring (bicyclic) bond motifs is 3. The number of urea groups is 1. The molecule has 2 aliphatic heterocycles. The normalized spacial score (nSPS) is 30.6. The molecule has 1 aromatic rings. The van der Waals surface area contributed by atoms with E-state index in [1.165, 1.54) is 11.8 Å². The zero-order valence-electron chi connectivity index (χ0n) is 16.3. The van der Waals surface area contributed by atoms with Crippen molar-refractivity contribution < 1.29 is 23.9 Å². The number of primary amides is 1. The van der Waals surface area contributed by atoms with Gasteiger partial charge in [-0.15, -0.1) is 0 Å². The van der Waals surface area contributed by atoms with E-state index in [0.717, 1.165) is 5.70 Å². The third-order valence-corrected chi connectivity index (χ3v) is 6.11. The number of ether oxygens (including phenoxy) is 2. The Morgan fingerprint density at radius 3 is 2.83 bits per heavy atom. The largest absolute Gasteiger partial charge is 0.454 e. The Hall–Kier alpha value is -3.61. The smallest absolute Gasteiger partial charge is 0.352 e. The van der Waals surface area contributed by atoms with Crippen molar-refractivity contribution >= 4 is 23.7 Å². The number of nitrogens with two attached hydrogens (primary N) is 1. The van der Waals surface area contributed by atoms with Crippen molar-refractivity contribution in [1.29, 1.82) is 0 Å².